The first-order valence-corrected chi connectivity index (χ1v) is 2.92. The third kappa shape index (κ3) is 0.641. The van der Waals surface area contributed by atoms with E-state index in [1.807, 2.05) is 0 Å². The molecule has 5 heteroatoms. The molecule has 0 unspecified atom stereocenters. The van der Waals surface area contributed by atoms with Crippen molar-refractivity contribution in [3.63, 3.8) is 0 Å². The summed E-state index contributed by atoms with van der Waals surface area (Å²) < 4.78 is 4.96. The summed E-state index contributed by atoms with van der Waals surface area (Å²) in [6, 6.07) is 1.75. The molecule has 10 heavy (non-hydrogen) atoms. The maximum atomic E-state index is 9.13. The molecule has 0 radical (unpaired) electrons. The van der Waals surface area contributed by atoms with Crippen LogP contribution in [0.25, 0.3) is 0 Å². The number of nitrogens with one attached hydrogen (secondary N) is 1. The molecule has 0 fully saturated rings. The molecule has 1 aliphatic heterocycles. The van der Waals surface area contributed by atoms with E-state index in [0.717, 1.165) is 5.56 Å². The molecular weight excluding hydrogens is 131 g/mol. The van der Waals surface area contributed by atoms with Crippen LogP contribution in [0.4, 0.5) is 0 Å². The standard InChI is InChI=1S/C5H5BN2O2/c9-6-5-4(1-2-10-5)3-7-8-6/h1-3,8-9H. The van der Waals surface area contributed by atoms with Crippen molar-refractivity contribution < 1.29 is 9.44 Å². The normalized spacial score (nSPS) is 14.7. The fourth-order valence-corrected chi connectivity index (χ4v) is 0.896. The Morgan fingerprint density at radius 3 is 3.40 bits per heavy atom. The summed E-state index contributed by atoms with van der Waals surface area (Å²) in [6.07, 6.45) is 3.12. The van der Waals surface area contributed by atoms with Gasteiger partial charge in [0.15, 0.2) is 0 Å². The zero-order valence-electron chi connectivity index (χ0n) is 5.11. The molecule has 0 aromatic carbocycles. The minimum absolute atomic E-state index is 0.523. The van der Waals surface area contributed by atoms with Gasteiger partial charge in [0.1, 0.15) is 5.66 Å². The number of hydrazone groups is 1. The van der Waals surface area contributed by atoms with Crippen molar-refractivity contribution in [2.75, 3.05) is 0 Å². The van der Waals surface area contributed by atoms with Gasteiger partial charge in [-0.25, -0.2) is 0 Å². The lowest BCUT2D eigenvalue weighted by atomic mass is 9.78. The fraction of sp³-hybridized carbons (Fsp3) is 0. The van der Waals surface area contributed by atoms with Crippen molar-refractivity contribution in [3.05, 3.63) is 17.9 Å². The molecule has 1 aromatic heterocycles. The van der Waals surface area contributed by atoms with Gasteiger partial charge in [0, 0.05) is 5.56 Å². The average Bonchev–Trinajstić information content (AvgIpc) is 2.36. The summed E-state index contributed by atoms with van der Waals surface area (Å²) in [5.74, 6) is 0. The summed E-state index contributed by atoms with van der Waals surface area (Å²) >= 11 is 0. The second-order valence-corrected chi connectivity index (χ2v) is 2.03. The maximum Gasteiger partial charge on any atom is 0.501 e. The Hall–Kier alpha value is -1.23. The van der Waals surface area contributed by atoms with Crippen molar-refractivity contribution in [2.24, 2.45) is 5.10 Å². The zero-order valence-corrected chi connectivity index (χ0v) is 5.11. The van der Waals surface area contributed by atoms with E-state index in [2.05, 4.69) is 10.4 Å². The number of hydrogen-bond acceptors (Lipinski definition) is 4. The van der Waals surface area contributed by atoms with Gasteiger partial charge in [0.05, 0.1) is 12.5 Å². The molecule has 4 nitrogen and oxygen atoms in total. The smallest absolute Gasteiger partial charge is 0.473 e. The van der Waals surface area contributed by atoms with Crippen molar-refractivity contribution in [1.29, 1.82) is 0 Å². The van der Waals surface area contributed by atoms with Gasteiger partial charge in [0.25, 0.3) is 0 Å². The van der Waals surface area contributed by atoms with Crippen LogP contribution in [-0.2, 0) is 0 Å². The third-order valence-corrected chi connectivity index (χ3v) is 1.38. The molecule has 2 heterocycles. The first-order chi connectivity index (χ1) is 4.88. The lowest BCUT2D eigenvalue weighted by Gasteiger charge is -2.06. The van der Waals surface area contributed by atoms with Gasteiger partial charge < -0.3 is 14.8 Å². The number of hydrogen-bond donors (Lipinski definition) is 2. The number of nitrogens with zero attached hydrogens (tertiary/aromatic N) is 1. The first kappa shape index (κ1) is 5.55. The lowest BCUT2D eigenvalue weighted by molar-refractivity contribution is 0.527. The van der Waals surface area contributed by atoms with E-state index in [1.54, 1.807) is 12.3 Å². The van der Waals surface area contributed by atoms with Crippen LogP contribution < -0.4 is 11.0 Å². The van der Waals surface area contributed by atoms with E-state index in [0.29, 0.717) is 5.66 Å². The SMILES string of the molecule is OB1NN=Cc2ccoc21. The third-order valence-electron chi connectivity index (χ3n) is 1.38. The van der Waals surface area contributed by atoms with E-state index in [-0.39, 0.29) is 0 Å². The summed E-state index contributed by atoms with van der Waals surface area (Å²) in [5.41, 5.74) is 1.35. The predicted molar refractivity (Wildman–Crippen MR) is 37.0 cm³/mol. The second-order valence-electron chi connectivity index (χ2n) is 2.03. The molecule has 0 amide bonds. The van der Waals surface area contributed by atoms with Gasteiger partial charge in [-0.3, -0.25) is 0 Å². The Morgan fingerprint density at radius 1 is 1.70 bits per heavy atom. The largest absolute Gasteiger partial charge is 0.501 e. The monoisotopic (exact) mass is 136 g/mol. The van der Waals surface area contributed by atoms with Gasteiger partial charge in [-0.2, -0.15) is 5.10 Å². The fourth-order valence-electron chi connectivity index (χ4n) is 0.896. The molecule has 0 spiro atoms. The topological polar surface area (TPSA) is 57.8 Å². The van der Waals surface area contributed by atoms with E-state index in [9.17, 15) is 0 Å². The van der Waals surface area contributed by atoms with Crippen LogP contribution in [0.3, 0.4) is 0 Å². The first-order valence-electron chi connectivity index (χ1n) is 2.92. The zero-order chi connectivity index (χ0) is 6.97. The van der Waals surface area contributed by atoms with Crippen molar-refractivity contribution in [3.8, 4) is 0 Å². The predicted octanol–water partition coefficient (Wildman–Crippen LogP) is -1.10. The number of rotatable bonds is 0. The summed E-state index contributed by atoms with van der Waals surface area (Å²) in [4.78, 5) is 0. The minimum Gasteiger partial charge on any atom is -0.473 e. The molecule has 0 saturated carbocycles. The minimum atomic E-state index is -0.796. The Morgan fingerprint density at radius 2 is 2.60 bits per heavy atom. The van der Waals surface area contributed by atoms with Gasteiger partial charge in [-0.05, 0) is 6.07 Å². The van der Waals surface area contributed by atoms with Gasteiger partial charge in [0.2, 0.25) is 0 Å². The second kappa shape index (κ2) is 1.88. The van der Waals surface area contributed by atoms with Crippen LogP contribution >= 0.6 is 0 Å². The molecule has 2 rings (SSSR count). The Kier molecular flexibility index (Phi) is 1.04. The quantitative estimate of drug-likeness (QED) is 0.445. The van der Waals surface area contributed by atoms with Crippen LogP contribution in [0.5, 0.6) is 0 Å². The highest BCUT2D eigenvalue weighted by Crippen LogP contribution is 1.97. The molecular formula is C5H5BN2O2. The molecule has 1 aromatic rings. The Labute approximate surface area is 57.7 Å². The molecule has 0 bridgehead atoms. The van der Waals surface area contributed by atoms with Crippen LogP contribution in [-0.4, -0.2) is 18.3 Å². The van der Waals surface area contributed by atoms with Crippen molar-refractivity contribution in [2.45, 2.75) is 0 Å². The molecule has 1 aliphatic rings. The lowest BCUT2D eigenvalue weighted by Crippen LogP contribution is -2.45. The number of furan rings is 1. The van der Waals surface area contributed by atoms with Crippen LogP contribution in [0.1, 0.15) is 5.56 Å². The molecule has 0 atom stereocenters. The van der Waals surface area contributed by atoms with E-state index in [1.165, 1.54) is 6.26 Å². The van der Waals surface area contributed by atoms with Crippen LogP contribution in [0.2, 0.25) is 0 Å². The van der Waals surface area contributed by atoms with E-state index < -0.39 is 7.05 Å². The van der Waals surface area contributed by atoms with E-state index in [4.69, 9.17) is 9.44 Å². The van der Waals surface area contributed by atoms with Crippen LogP contribution in [0, 0.1) is 0 Å². The Bertz CT molecular complexity index is 270. The molecule has 2 N–H and O–H groups in total. The van der Waals surface area contributed by atoms with E-state index >= 15 is 0 Å². The number of fused-ring (bicyclic) bond motifs is 1. The average molecular weight is 136 g/mol. The molecule has 50 valence electrons. The Balaban J connectivity index is 2.52. The van der Waals surface area contributed by atoms with Gasteiger partial charge >= 0.3 is 7.05 Å². The summed E-state index contributed by atoms with van der Waals surface area (Å²) in [6.45, 7) is 0. The highest BCUT2D eigenvalue weighted by Gasteiger charge is 2.24. The highest BCUT2D eigenvalue weighted by atomic mass is 16.3. The molecule has 0 aliphatic carbocycles. The molecule has 0 saturated heterocycles. The maximum absolute atomic E-state index is 9.13. The highest BCUT2D eigenvalue weighted by molar-refractivity contribution is 6.64. The van der Waals surface area contributed by atoms with Gasteiger partial charge in [-0.1, -0.05) is 0 Å². The van der Waals surface area contributed by atoms with Crippen LogP contribution in [0.15, 0.2) is 21.8 Å². The summed E-state index contributed by atoms with van der Waals surface area (Å²) in [7, 11) is -0.796. The van der Waals surface area contributed by atoms with Crippen molar-refractivity contribution in [1.82, 2.24) is 5.34 Å². The van der Waals surface area contributed by atoms with Gasteiger partial charge in [-0.15, -0.1) is 0 Å². The van der Waals surface area contributed by atoms with Crippen molar-refractivity contribution >= 4 is 18.9 Å². The summed E-state index contributed by atoms with van der Waals surface area (Å²) in [5, 5.41) is 15.3.